The highest BCUT2D eigenvalue weighted by molar-refractivity contribution is 5.86. The lowest BCUT2D eigenvalue weighted by molar-refractivity contribution is 0.408. The Balaban J connectivity index is 2.01. The van der Waals surface area contributed by atoms with E-state index in [1.54, 1.807) is 6.07 Å². The van der Waals surface area contributed by atoms with Gasteiger partial charge in [-0.2, -0.15) is 0 Å². The van der Waals surface area contributed by atoms with Gasteiger partial charge in [0.05, 0.1) is 7.11 Å². The molecule has 0 bridgehead atoms. The van der Waals surface area contributed by atoms with E-state index in [0.717, 1.165) is 24.0 Å². The van der Waals surface area contributed by atoms with Crippen LogP contribution in [-0.4, -0.2) is 12.2 Å². The zero-order valence-corrected chi connectivity index (χ0v) is 14.3. The highest BCUT2D eigenvalue weighted by Crippen LogP contribution is 2.31. The number of rotatable bonds is 5. The fourth-order valence-electron chi connectivity index (χ4n) is 2.70. The highest BCUT2D eigenvalue weighted by Gasteiger charge is 2.12. The number of aromatic hydroxyl groups is 1. The zero-order valence-electron chi connectivity index (χ0n) is 14.3. The highest BCUT2D eigenvalue weighted by atomic mass is 16.5. The molecule has 4 heteroatoms. The van der Waals surface area contributed by atoms with Crippen molar-refractivity contribution in [2.24, 2.45) is 0 Å². The van der Waals surface area contributed by atoms with E-state index in [2.05, 4.69) is 6.58 Å². The van der Waals surface area contributed by atoms with Crippen LogP contribution in [0.15, 0.2) is 63.8 Å². The molecule has 25 heavy (non-hydrogen) atoms. The first-order valence-electron chi connectivity index (χ1n) is 8.06. The Bertz CT molecular complexity index is 981. The smallest absolute Gasteiger partial charge is 0.197 e. The maximum atomic E-state index is 12.4. The summed E-state index contributed by atoms with van der Waals surface area (Å²) < 4.78 is 11.0. The van der Waals surface area contributed by atoms with Gasteiger partial charge in [0.2, 0.25) is 0 Å². The molecular formula is C21H20O4. The minimum atomic E-state index is -0.289. The van der Waals surface area contributed by atoms with Gasteiger partial charge in [-0.05, 0) is 25.3 Å². The summed E-state index contributed by atoms with van der Waals surface area (Å²) in [6.07, 6.45) is 1.88. The molecule has 0 saturated carbocycles. The van der Waals surface area contributed by atoms with Crippen LogP contribution >= 0.6 is 0 Å². The van der Waals surface area contributed by atoms with Crippen LogP contribution in [0.5, 0.6) is 11.5 Å². The Labute approximate surface area is 146 Å². The molecule has 0 aliphatic rings. The van der Waals surface area contributed by atoms with Gasteiger partial charge < -0.3 is 14.3 Å². The van der Waals surface area contributed by atoms with E-state index in [9.17, 15) is 9.90 Å². The van der Waals surface area contributed by atoms with Crippen molar-refractivity contribution in [1.82, 2.24) is 0 Å². The lowest BCUT2D eigenvalue weighted by atomic mass is 10.0. The molecule has 0 fully saturated rings. The predicted molar refractivity (Wildman–Crippen MR) is 99.3 cm³/mol. The van der Waals surface area contributed by atoms with Gasteiger partial charge in [0.1, 0.15) is 28.2 Å². The molecule has 0 atom stereocenters. The molecule has 0 saturated heterocycles. The van der Waals surface area contributed by atoms with E-state index in [-0.39, 0.29) is 16.6 Å². The molecule has 3 aromatic rings. The lowest BCUT2D eigenvalue weighted by Gasteiger charge is -2.07. The van der Waals surface area contributed by atoms with E-state index >= 15 is 0 Å². The van der Waals surface area contributed by atoms with Gasteiger partial charge in [-0.15, -0.1) is 6.58 Å². The second-order valence-electron chi connectivity index (χ2n) is 6.15. The lowest BCUT2D eigenvalue weighted by Crippen LogP contribution is -2.01. The summed E-state index contributed by atoms with van der Waals surface area (Å²) in [5.41, 5.74) is 3.17. The average Bonchev–Trinajstić information content (AvgIpc) is 2.59. The van der Waals surface area contributed by atoms with Gasteiger partial charge in [0, 0.05) is 23.8 Å². The molecular weight excluding hydrogens is 316 g/mol. The molecule has 0 aliphatic carbocycles. The van der Waals surface area contributed by atoms with Crippen molar-refractivity contribution in [2.75, 3.05) is 7.11 Å². The Morgan fingerprint density at radius 1 is 1.20 bits per heavy atom. The maximum absolute atomic E-state index is 12.4. The summed E-state index contributed by atoms with van der Waals surface area (Å²) in [6, 6.07) is 12.3. The summed E-state index contributed by atoms with van der Waals surface area (Å²) >= 11 is 0. The van der Waals surface area contributed by atoms with Crippen molar-refractivity contribution in [3.05, 3.63) is 70.4 Å². The molecule has 0 spiro atoms. The number of allylic oxidation sites excluding steroid dienone is 1. The molecule has 2 aromatic carbocycles. The summed E-state index contributed by atoms with van der Waals surface area (Å²) in [7, 11) is 1.49. The van der Waals surface area contributed by atoms with Crippen LogP contribution in [0, 0.1) is 0 Å². The number of hydrogen-bond donors (Lipinski definition) is 1. The first-order valence-corrected chi connectivity index (χ1v) is 8.06. The number of phenols is 1. The molecule has 128 valence electrons. The topological polar surface area (TPSA) is 59.7 Å². The quantitative estimate of drug-likeness (QED) is 0.687. The Hall–Kier alpha value is -3.01. The first kappa shape index (κ1) is 16.8. The number of hydrogen-bond acceptors (Lipinski definition) is 4. The first-order chi connectivity index (χ1) is 12.0. The molecule has 4 nitrogen and oxygen atoms in total. The molecule has 0 radical (unpaired) electrons. The van der Waals surface area contributed by atoms with Crippen molar-refractivity contribution in [3.63, 3.8) is 0 Å². The Kier molecular flexibility index (Phi) is 4.61. The van der Waals surface area contributed by atoms with Gasteiger partial charge in [-0.25, -0.2) is 0 Å². The van der Waals surface area contributed by atoms with Gasteiger partial charge in [-0.3, -0.25) is 4.79 Å². The van der Waals surface area contributed by atoms with Crippen molar-refractivity contribution >= 4 is 11.0 Å². The number of phenolic OH excluding ortho intramolecular Hbond substituents is 1. The SMILES string of the molecule is C=C(C)CCc1ccc(-c2cc(=O)c3c(O)cc(OC)cc3o2)cc1. The number of methoxy groups -OCH3 is 1. The third-order valence-corrected chi connectivity index (χ3v) is 4.10. The molecule has 1 aromatic heterocycles. The largest absolute Gasteiger partial charge is 0.507 e. The van der Waals surface area contributed by atoms with Crippen molar-refractivity contribution in [2.45, 2.75) is 19.8 Å². The van der Waals surface area contributed by atoms with Crippen LogP contribution < -0.4 is 10.2 Å². The van der Waals surface area contributed by atoms with E-state index in [0.29, 0.717) is 17.1 Å². The van der Waals surface area contributed by atoms with Crippen LogP contribution in [0.3, 0.4) is 0 Å². The number of fused-ring (bicyclic) bond motifs is 1. The second kappa shape index (κ2) is 6.85. The fraction of sp³-hybridized carbons (Fsp3) is 0.190. The molecule has 0 amide bonds. The average molecular weight is 336 g/mol. The van der Waals surface area contributed by atoms with Gasteiger partial charge >= 0.3 is 0 Å². The van der Waals surface area contributed by atoms with Crippen molar-refractivity contribution in [3.8, 4) is 22.8 Å². The molecule has 1 heterocycles. The summed E-state index contributed by atoms with van der Waals surface area (Å²) in [5, 5.41) is 10.2. The van der Waals surface area contributed by atoms with Crippen LogP contribution in [0.2, 0.25) is 0 Å². The Morgan fingerprint density at radius 3 is 2.56 bits per heavy atom. The van der Waals surface area contributed by atoms with Crippen LogP contribution in [0.4, 0.5) is 0 Å². The minimum absolute atomic E-state index is 0.148. The van der Waals surface area contributed by atoms with Crippen molar-refractivity contribution < 1.29 is 14.3 Å². The van der Waals surface area contributed by atoms with E-state index in [1.165, 1.54) is 24.8 Å². The zero-order chi connectivity index (χ0) is 18.0. The molecule has 0 unspecified atom stereocenters. The normalized spacial score (nSPS) is 10.8. The van der Waals surface area contributed by atoms with E-state index in [4.69, 9.17) is 9.15 Å². The van der Waals surface area contributed by atoms with Gasteiger partial charge in [-0.1, -0.05) is 29.8 Å². The van der Waals surface area contributed by atoms with Gasteiger partial charge in [0.15, 0.2) is 5.43 Å². The second-order valence-corrected chi connectivity index (χ2v) is 6.15. The fourth-order valence-corrected chi connectivity index (χ4v) is 2.70. The summed E-state index contributed by atoms with van der Waals surface area (Å²) in [6.45, 7) is 5.93. The van der Waals surface area contributed by atoms with E-state index < -0.39 is 0 Å². The predicted octanol–water partition coefficient (Wildman–Crippen LogP) is 4.68. The monoisotopic (exact) mass is 336 g/mol. The summed E-state index contributed by atoms with van der Waals surface area (Å²) in [4.78, 5) is 12.4. The van der Waals surface area contributed by atoms with Crippen LogP contribution in [0.25, 0.3) is 22.3 Å². The number of ether oxygens (including phenoxy) is 1. The standard InChI is InChI=1S/C21H20O4/c1-13(2)4-5-14-6-8-15(9-7-14)19-12-18(23)21-17(22)10-16(24-3)11-20(21)25-19/h6-12,22H,1,4-5H2,2-3H3. The van der Waals surface area contributed by atoms with E-state index in [1.807, 2.05) is 31.2 Å². The molecule has 1 N–H and O–H groups in total. The maximum Gasteiger partial charge on any atom is 0.197 e. The molecule has 0 aliphatic heterocycles. The van der Waals surface area contributed by atoms with Gasteiger partial charge in [0.25, 0.3) is 0 Å². The summed E-state index contributed by atoms with van der Waals surface area (Å²) in [5.74, 6) is 0.738. The van der Waals surface area contributed by atoms with Crippen molar-refractivity contribution in [1.29, 1.82) is 0 Å². The molecule has 3 rings (SSSR count). The number of aryl methyl sites for hydroxylation is 1. The Morgan fingerprint density at radius 2 is 1.92 bits per heavy atom. The third-order valence-electron chi connectivity index (χ3n) is 4.10. The van der Waals surface area contributed by atoms with Crippen LogP contribution in [-0.2, 0) is 6.42 Å². The van der Waals surface area contributed by atoms with Crippen LogP contribution in [0.1, 0.15) is 18.9 Å². The third kappa shape index (κ3) is 3.58. The number of benzene rings is 2. The minimum Gasteiger partial charge on any atom is -0.507 e.